The van der Waals surface area contributed by atoms with Crippen LogP contribution in [0.2, 0.25) is 5.02 Å². The summed E-state index contributed by atoms with van der Waals surface area (Å²) in [6.45, 7) is 1.70. The van der Waals surface area contributed by atoms with Gasteiger partial charge < -0.3 is 0 Å². The Kier molecular flexibility index (Phi) is 4.61. The van der Waals surface area contributed by atoms with E-state index in [1.807, 2.05) is 6.92 Å². The zero-order valence-electron chi connectivity index (χ0n) is 11.0. The molecule has 0 aliphatic rings. The van der Waals surface area contributed by atoms with Crippen LogP contribution in [0.15, 0.2) is 41.3 Å². The Morgan fingerprint density at radius 3 is 2.33 bits per heavy atom. The fourth-order valence-electron chi connectivity index (χ4n) is 1.74. The van der Waals surface area contributed by atoms with Crippen molar-refractivity contribution in [1.82, 2.24) is 4.72 Å². The van der Waals surface area contributed by atoms with Crippen molar-refractivity contribution in [2.45, 2.75) is 18.4 Å². The van der Waals surface area contributed by atoms with Gasteiger partial charge in [-0.2, -0.15) is 0 Å². The van der Waals surface area contributed by atoms with Gasteiger partial charge in [0.05, 0.1) is 0 Å². The number of sulfonamides is 1. The molecule has 0 aromatic heterocycles. The quantitative estimate of drug-likeness (QED) is 0.933. The smallest absolute Gasteiger partial charge is 0.207 e. The van der Waals surface area contributed by atoms with Gasteiger partial charge in [0.25, 0.3) is 0 Å². The first-order valence-electron chi connectivity index (χ1n) is 6.00. The average molecular weight is 332 g/mol. The molecule has 0 bridgehead atoms. The van der Waals surface area contributed by atoms with Crippen LogP contribution in [-0.4, -0.2) is 8.42 Å². The Labute approximate surface area is 126 Å². The number of hydrogen-bond acceptors (Lipinski definition) is 2. The molecule has 0 saturated carbocycles. The molecule has 2 aromatic carbocycles. The summed E-state index contributed by atoms with van der Waals surface area (Å²) in [5.74, 6) is -2.27. The van der Waals surface area contributed by atoms with E-state index in [1.165, 1.54) is 0 Å². The monoisotopic (exact) mass is 331 g/mol. The van der Waals surface area contributed by atoms with Crippen LogP contribution >= 0.6 is 11.6 Å². The molecule has 3 nitrogen and oxygen atoms in total. The van der Waals surface area contributed by atoms with Gasteiger partial charge in [-0.15, -0.1) is 0 Å². The van der Waals surface area contributed by atoms with Gasteiger partial charge >= 0.3 is 0 Å². The molecule has 0 aliphatic heterocycles. The standard InChI is InChI=1S/C14H12ClF2NO2S/c1-9-5-6-10(7-11(9)15)8-18-21(19,20)14-12(16)3-2-4-13(14)17/h2-7,18H,8H2,1H3. The predicted octanol–water partition coefficient (Wildman–Crippen LogP) is 3.41. The van der Waals surface area contributed by atoms with Crippen LogP contribution < -0.4 is 4.72 Å². The maximum absolute atomic E-state index is 13.5. The van der Waals surface area contributed by atoms with Crippen molar-refractivity contribution in [3.05, 3.63) is 64.2 Å². The molecule has 21 heavy (non-hydrogen) atoms. The molecule has 0 fully saturated rings. The second kappa shape index (κ2) is 6.09. The molecule has 0 radical (unpaired) electrons. The molecule has 0 spiro atoms. The van der Waals surface area contributed by atoms with Crippen LogP contribution in [0.4, 0.5) is 8.78 Å². The summed E-state index contributed by atoms with van der Waals surface area (Å²) in [6.07, 6.45) is 0. The summed E-state index contributed by atoms with van der Waals surface area (Å²) in [6, 6.07) is 7.89. The second-order valence-electron chi connectivity index (χ2n) is 4.46. The van der Waals surface area contributed by atoms with Crippen molar-refractivity contribution in [3.8, 4) is 0 Å². The number of halogens is 3. The molecule has 7 heteroatoms. The maximum Gasteiger partial charge on any atom is 0.246 e. The highest BCUT2D eigenvalue weighted by molar-refractivity contribution is 7.89. The van der Waals surface area contributed by atoms with Crippen molar-refractivity contribution in [1.29, 1.82) is 0 Å². The first-order valence-corrected chi connectivity index (χ1v) is 7.86. The molecule has 0 heterocycles. The molecule has 0 unspecified atom stereocenters. The van der Waals surface area contributed by atoms with Crippen LogP contribution in [0.5, 0.6) is 0 Å². The molecule has 0 aliphatic carbocycles. The van der Waals surface area contributed by atoms with Crippen molar-refractivity contribution in [2.24, 2.45) is 0 Å². The van der Waals surface area contributed by atoms with Crippen LogP contribution in [0.3, 0.4) is 0 Å². The van der Waals surface area contributed by atoms with E-state index < -0.39 is 26.6 Å². The fourth-order valence-corrected chi connectivity index (χ4v) is 3.09. The summed E-state index contributed by atoms with van der Waals surface area (Å²) in [4.78, 5) is -0.983. The fraction of sp³-hybridized carbons (Fsp3) is 0.143. The van der Waals surface area contributed by atoms with Crippen LogP contribution in [0, 0.1) is 18.6 Å². The van der Waals surface area contributed by atoms with Crippen molar-refractivity contribution in [2.75, 3.05) is 0 Å². The van der Waals surface area contributed by atoms with Crippen LogP contribution in [0.25, 0.3) is 0 Å². The minimum atomic E-state index is -4.29. The van der Waals surface area contributed by atoms with E-state index in [4.69, 9.17) is 11.6 Å². The lowest BCUT2D eigenvalue weighted by molar-refractivity contribution is 0.514. The van der Waals surface area contributed by atoms with Gasteiger partial charge in [0, 0.05) is 11.6 Å². The molecule has 0 atom stereocenters. The van der Waals surface area contributed by atoms with Crippen molar-refractivity contribution in [3.63, 3.8) is 0 Å². The lowest BCUT2D eigenvalue weighted by Gasteiger charge is -2.09. The second-order valence-corrected chi connectivity index (χ2v) is 6.57. The molecule has 1 N–H and O–H groups in total. The number of hydrogen-bond donors (Lipinski definition) is 1. The molecule has 0 saturated heterocycles. The third kappa shape index (κ3) is 3.58. The minimum Gasteiger partial charge on any atom is -0.207 e. The van der Waals surface area contributed by atoms with E-state index in [1.54, 1.807) is 18.2 Å². The zero-order chi connectivity index (χ0) is 15.6. The maximum atomic E-state index is 13.5. The van der Waals surface area contributed by atoms with E-state index in [-0.39, 0.29) is 6.54 Å². The molecule has 112 valence electrons. The highest BCUT2D eigenvalue weighted by atomic mass is 35.5. The molecular formula is C14H12ClF2NO2S. The molecule has 2 aromatic rings. The molecule has 0 amide bonds. The van der Waals surface area contributed by atoms with E-state index >= 15 is 0 Å². The van der Waals surface area contributed by atoms with E-state index in [0.29, 0.717) is 10.6 Å². The average Bonchev–Trinajstić information content (AvgIpc) is 2.40. The van der Waals surface area contributed by atoms with Crippen molar-refractivity contribution >= 4 is 21.6 Å². The lowest BCUT2D eigenvalue weighted by atomic mass is 10.1. The summed E-state index contributed by atoms with van der Waals surface area (Å²) in [5, 5.41) is 0.490. The summed E-state index contributed by atoms with van der Waals surface area (Å²) in [5.41, 5.74) is 1.44. The number of aryl methyl sites for hydroxylation is 1. The molecule has 2 rings (SSSR count). The number of benzene rings is 2. The largest absolute Gasteiger partial charge is 0.246 e. The topological polar surface area (TPSA) is 46.2 Å². The summed E-state index contributed by atoms with van der Waals surface area (Å²) < 4.78 is 53.1. The number of nitrogens with one attached hydrogen (secondary N) is 1. The first kappa shape index (κ1) is 15.9. The highest BCUT2D eigenvalue weighted by Crippen LogP contribution is 2.20. The highest BCUT2D eigenvalue weighted by Gasteiger charge is 2.23. The Bertz CT molecular complexity index is 758. The van der Waals surface area contributed by atoms with Crippen LogP contribution in [-0.2, 0) is 16.6 Å². The van der Waals surface area contributed by atoms with Gasteiger partial charge in [-0.3, -0.25) is 0 Å². The summed E-state index contributed by atoms with van der Waals surface area (Å²) >= 11 is 5.93. The SMILES string of the molecule is Cc1ccc(CNS(=O)(=O)c2c(F)cccc2F)cc1Cl. The normalized spacial score (nSPS) is 11.6. The van der Waals surface area contributed by atoms with Crippen molar-refractivity contribution < 1.29 is 17.2 Å². The lowest BCUT2D eigenvalue weighted by Crippen LogP contribution is -2.25. The Balaban J connectivity index is 2.24. The van der Waals surface area contributed by atoms with Gasteiger partial charge in [0.15, 0.2) is 4.90 Å². The van der Waals surface area contributed by atoms with Gasteiger partial charge in [-0.1, -0.05) is 29.8 Å². The Hall–Kier alpha value is -1.50. The predicted molar refractivity (Wildman–Crippen MR) is 76.6 cm³/mol. The van der Waals surface area contributed by atoms with E-state index in [0.717, 1.165) is 23.8 Å². The third-order valence-electron chi connectivity index (χ3n) is 2.89. The first-order chi connectivity index (χ1) is 9.81. The number of rotatable bonds is 4. The zero-order valence-corrected chi connectivity index (χ0v) is 12.6. The minimum absolute atomic E-state index is 0.115. The summed E-state index contributed by atoms with van der Waals surface area (Å²) in [7, 11) is -4.29. The third-order valence-corrected chi connectivity index (χ3v) is 4.75. The Morgan fingerprint density at radius 1 is 1.14 bits per heavy atom. The van der Waals surface area contributed by atoms with Gasteiger partial charge in [-0.05, 0) is 36.2 Å². The van der Waals surface area contributed by atoms with Crippen LogP contribution in [0.1, 0.15) is 11.1 Å². The Morgan fingerprint density at radius 2 is 1.76 bits per heavy atom. The van der Waals surface area contributed by atoms with Gasteiger partial charge in [-0.25, -0.2) is 21.9 Å². The van der Waals surface area contributed by atoms with Gasteiger partial charge in [0.1, 0.15) is 11.6 Å². The molecular weight excluding hydrogens is 320 g/mol. The van der Waals surface area contributed by atoms with Gasteiger partial charge in [0.2, 0.25) is 10.0 Å². The van der Waals surface area contributed by atoms with E-state index in [2.05, 4.69) is 4.72 Å². The van der Waals surface area contributed by atoms with E-state index in [9.17, 15) is 17.2 Å².